The average molecular weight is 520 g/mol. The summed E-state index contributed by atoms with van der Waals surface area (Å²) >= 11 is 0. The van der Waals surface area contributed by atoms with Crippen LogP contribution >= 0.6 is 0 Å². The van der Waals surface area contributed by atoms with Crippen molar-refractivity contribution in [2.45, 2.75) is 32.1 Å². The maximum atomic E-state index is 12.9. The molecule has 1 aromatic heterocycles. The Morgan fingerprint density at radius 3 is 2.29 bits per heavy atom. The zero-order valence-electron chi connectivity index (χ0n) is 21.8. The molecular weight excluding hydrogens is 486 g/mol. The molecule has 1 saturated carbocycles. The fourth-order valence-electron chi connectivity index (χ4n) is 5.36. The van der Waals surface area contributed by atoms with Crippen LogP contribution < -0.4 is 25.1 Å². The van der Waals surface area contributed by atoms with Gasteiger partial charge < -0.3 is 29.0 Å². The number of ether oxygens (including phenoxy) is 2. The molecule has 0 radical (unpaired) electrons. The van der Waals surface area contributed by atoms with Crippen molar-refractivity contribution < 1.29 is 23.5 Å². The number of rotatable bonds is 6. The number of nitrogens with zero attached hydrogens (tertiary/aromatic N) is 2. The zero-order valence-corrected chi connectivity index (χ0v) is 21.8. The fourth-order valence-corrected chi connectivity index (χ4v) is 5.36. The highest BCUT2D eigenvalue weighted by Crippen LogP contribution is 2.30. The minimum absolute atomic E-state index is 0.111. The van der Waals surface area contributed by atoms with Gasteiger partial charge in [0.2, 0.25) is 5.91 Å². The summed E-state index contributed by atoms with van der Waals surface area (Å²) < 4.78 is 16.3. The Morgan fingerprint density at radius 2 is 1.63 bits per heavy atom. The van der Waals surface area contributed by atoms with E-state index < -0.39 is 5.91 Å². The van der Waals surface area contributed by atoms with Crippen LogP contribution in [0.1, 0.15) is 42.7 Å². The van der Waals surface area contributed by atoms with Crippen LogP contribution in [0.25, 0.3) is 11.0 Å². The number of hydrogen-bond donors (Lipinski definition) is 1. The molecule has 2 fully saturated rings. The number of anilines is 2. The monoisotopic (exact) mass is 519 g/mol. The molecule has 1 N–H and O–H groups in total. The predicted molar refractivity (Wildman–Crippen MR) is 145 cm³/mol. The van der Waals surface area contributed by atoms with Crippen LogP contribution in [-0.4, -0.2) is 57.1 Å². The number of piperazine rings is 1. The normalized spacial score (nSPS) is 16.4. The topological polar surface area (TPSA) is 101 Å². The molecule has 0 spiro atoms. The summed E-state index contributed by atoms with van der Waals surface area (Å²) in [4.78, 5) is 42.7. The molecule has 2 aromatic carbocycles. The molecule has 3 aromatic rings. The number of carbonyl (C=O) groups is 2. The third-order valence-electron chi connectivity index (χ3n) is 7.48. The Bertz CT molecular complexity index is 1370. The van der Waals surface area contributed by atoms with Crippen molar-refractivity contribution >= 4 is 34.2 Å². The number of nitrogens with one attached hydrogen (secondary N) is 1. The van der Waals surface area contributed by atoms with Gasteiger partial charge in [0, 0.05) is 61.7 Å². The molecule has 2 amide bonds. The molecule has 2 heterocycles. The molecule has 200 valence electrons. The van der Waals surface area contributed by atoms with Crippen LogP contribution in [-0.2, 0) is 4.79 Å². The summed E-state index contributed by atoms with van der Waals surface area (Å²) in [5, 5.41) is 3.04. The lowest BCUT2D eigenvalue weighted by Crippen LogP contribution is -2.50. The molecule has 1 saturated heterocycles. The molecule has 1 aliphatic carbocycles. The van der Waals surface area contributed by atoms with E-state index >= 15 is 0 Å². The maximum Gasteiger partial charge on any atom is 0.291 e. The van der Waals surface area contributed by atoms with Gasteiger partial charge in [0.15, 0.2) is 11.2 Å². The Morgan fingerprint density at radius 1 is 0.921 bits per heavy atom. The summed E-state index contributed by atoms with van der Waals surface area (Å²) in [6, 6.07) is 11.8. The highest BCUT2D eigenvalue weighted by Gasteiger charge is 2.28. The van der Waals surface area contributed by atoms with Crippen molar-refractivity contribution in [2.24, 2.45) is 5.92 Å². The van der Waals surface area contributed by atoms with Crippen molar-refractivity contribution in [3.05, 3.63) is 58.4 Å². The van der Waals surface area contributed by atoms with E-state index in [1.807, 2.05) is 29.2 Å². The van der Waals surface area contributed by atoms with Gasteiger partial charge in [0.1, 0.15) is 22.5 Å². The highest BCUT2D eigenvalue weighted by atomic mass is 16.5. The smallest absolute Gasteiger partial charge is 0.291 e. The minimum atomic E-state index is -0.534. The molecule has 0 bridgehead atoms. The fraction of sp³-hybridized carbons (Fsp3) is 0.414. The number of carbonyl (C=O) groups excluding carboxylic acids is 2. The molecule has 0 atom stereocenters. The van der Waals surface area contributed by atoms with E-state index in [4.69, 9.17) is 13.9 Å². The lowest BCUT2D eigenvalue weighted by Gasteiger charge is -2.38. The molecular formula is C29H33N3O6. The SMILES string of the molecule is COc1cc(OC)c2c(=O)cc(C(=O)Nc3ccc(N4CCN(C(=O)C5CCCCC5)CC4)cc3)oc2c1. The lowest BCUT2D eigenvalue weighted by atomic mass is 9.88. The van der Waals surface area contributed by atoms with Gasteiger partial charge in [-0.05, 0) is 37.1 Å². The molecule has 5 rings (SSSR count). The van der Waals surface area contributed by atoms with Crippen LogP contribution in [0.5, 0.6) is 11.5 Å². The van der Waals surface area contributed by atoms with Gasteiger partial charge in [-0.2, -0.15) is 0 Å². The van der Waals surface area contributed by atoms with Crippen molar-refractivity contribution in [3.8, 4) is 11.5 Å². The van der Waals surface area contributed by atoms with Crippen LogP contribution in [0, 0.1) is 5.92 Å². The average Bonchev–Trinajstić information content (AvgIpc) is 2.97. The standard InChI is InChI=1S/C29H33N3O6/c1-36-22-16-24(37-2)27-23(33)18-26(38-25(27)17-22)28(34)30-20-8-10-21(11-9-20)31-12-14-32(15-13-31)29(35)19-6-4-3-5-7-19/h8-11,16-19H,3-7,12-15H2,1-2H3,(H,30,34). The van der Waals surface area contributed by atoms with E-state index in [1.165, 1.54) is 20.6 Å². The van der Waals surface area contributed by atoms with E-state index in [9.17, 15) is 14.4 Å². The van der Waals surface area contributed by atoms with E-state index in [1.54, 1.807) is 12.1 Å². The van der Waals surface area contributed by atoms with Gasteiger partial charge in [-0.3, -0.25) is 14.4 Å². The zero-order chi connectivity index (χ0) is 26.6. The van der Waals surface area contributed by atoms with E-state index in [2.05, 4.69) is 10.2 Å². The quantitative estimate of drug-likeness (QED) is 0.518. The van der Waals surface area contributed by atoms with Gasteiger partial charge in [0.25, 0.3) is 5.91 Å². The van der Waals surface area contributed by atoms with Crippen molar-refractivity contribution in [1.29, 1.82) is 0 Å². The second-order valence-corrected chi connectivity index (χ2v) is 9.83. The van der Waals surface area contributed by atoms with Gasteiger partial charge in [-0.1, -0.05) is 19.3 Å². The summed E-state index contributed by atoms with van der Waals surface area (Å²) in [7, 11) is 2.95. The molecule has 38 heavy (non-hydrogen) atoms. The number of amides is 2. The number of hydrogen-bond acceptors (Lipinski definition) is 7. The Balaban J connectivity index is 1.22. The second kappa shape index (κ2) is 11.2. The third-order valence-corrected chi connectivity index (χ3v) is 7.48. The predicted octanol–water partition coefficient (Wildman–Crippen LogP) is 4.29. The van der Waals surface area contributed by atoms with Crippen LogP contribution in [0.3, 0.4) is 0 Å². The van der Waals surface area contributed by atoms with Gasteiger partial charge >= 0.3 is 0 Å². The highest BCUT2D eigenvalue weighted by molar-refractivity contribution is 6.03. The first-order chi connectivity index (χ1) is 18.5. The van der Waals surface area contributed by atoms with Crippen molar-refractivity contribution in [1.82, 2.24) is 4.90 Å². The Labute approximate surface area is 221 Å². The minimum Gasteiger partial charge on any atom is -0.496 e. The first-order valence-electron chi connectivity index (χ1n) is 13.1. The molecule has 9 nitrogen and oxygen atoms in total. The summed E-state index contributed by atoms with van der Waals surface area (Å²) in [6.07, 6.45) is 5.62. The third kappa shape index (κ3) is 5.32. The van der Waals surface area contributed by atoms with Crippen LogP contribution in [0.15, 0.2) is 51.7 Å². The second-order valence-electron chi connectivity index (χ2n) is 9.83. The van der Waals surface area contributed by atoms with E-state index in [0.29, 0.717) is 23.1 Å². The molecule has 9 heteroatoms. The Hall–Kier alpha value is -4.01. The summed E-state index contributed by atoms with van der Waals surface area (Å²) in [5.74, 6) is 0.641. The number of fused-ring (bicyclic) bond motifs is 1. The first-order valence-corrected chi connectivity index (χ1v) is 13.1. The molecule has 2 aliphatic rings. The van der Waals surface area contributed by atoms with Crippen molar-refractivity contribution in [2.75, 3.05) is 50.6 Å². The van der Waals surface area contributed by atoms with Gasteiger partial charge in [0.05, 0.1) is 14.2 Å². The van der Waals surface area contributed by atoms with E-state index in [-0.39, 0.29) is 28.1 Å². The van der Waals surface area contributed by atoms with Gasteiger partial charge in [-0.25, -0.2) is 0 Å². The number of methoxy groups -OCH3 is 2. The van der Waals surface area contributed by atoms with Crippen LogP contribution in [0.4, 0.5) is 11.4 Å². The van der Waals surface area contributed by atoms with Crippen molar-refractivity contribution in [3.63, 3.8) is 0 Å². The summed E-state index contributed by atoms with van der Waals surface area (Å²) in [5.41, 5.74) is 1.43. The first kappa shape index (κ1) is 25.6. The van der Waals surface area contributed by atoms with E-state index in [0.717, 1.165) is 63.6 Å². The molecule has 1 aliphatic heterocycles. The molecule has 0 unspecified atom stereocenters. The van der Waals surface area contributed by atoms with Crippen LogP contribution in [0.2, 0.25) is 0 Å². The van der Waals surface area contributed by atoms with Gasteiger partial charge in [-0.15, -0.1) is 0 Å². The number of benzene rings is 2. The largest absolute Gasteiger partial charge is 0.496 e. The lowest BCUT2D eigenvalue weighted by molar-refractivity contribution is -0.136. The Kier molecular flexibility index (Phi) is 7.53. The maximum absolute atomic E-state index is 12.9. The summed E-state index contributed by atoms with van der Waals surface area (Å²) in [6.45, 7) is 3.01.